The number of nitrogens with zero attached hydrogens (tertiary/aromatic N) is 5. The molecular weight excluding hydrogens is 250 g/mol. The van der Waals surface area contributed by atoms with Crippen LogP contribution in [0.15, 0.2) is 30.6 Å². The van der Waals surface area contributed by atoms with E-state index in [9.17, 15) is 0 Å². The Labute approximate surface area is 117 Å². The van der Waals surface area contributed by atoms with Crippen LogP contribution in [0, 0.1) is 13.8 Å². The second-order valence-electron chi connectivity index (χ2n) is 5.14. The highest BCUT2D eigenvalue weighted by Crippen LogP contribution is 2.20. The number of aryl methyl sites for hydroxylation is 2. The lowest BCUT2D eigenvalue weighted by Gasteiger charge is -2.10. The van der Waals surface area contributed by atoms with Crippen molar-refractivity contribution < 1.29 is 0 Å². The molecule has 0 atom stereocenters. The van der Waals surface area contributed by atoms with Gasteiger partial charge in [0.25, 0.3) is 0 Å². The molecule has 5 nitrogen and oxygen atoms in total. The molecule has 5 heteroatoms. The van der Waals surface area contributed by atoms with Gasteiger partial charge in [0.2, 0.25) is 0 Å². The molecule has 0 aliphatic carbocycles. The zero-order chi connectivity index (χ0) is 14.3. The molecule has 0 aliphatic rings. The summed E-state index contributed by atoms with van der Waals surface area (Å²) in [5, 5.41) is 4.49. The van der Waals surface area contributed by atoms with E-state index in [0.29, 0.717) is 0 Å². The molecule has 20 heavy (non-hydrogen) atoms. The quantitative estimate of drug-likeness (QED) is 0.715. The molecule has 0 unspecified atom stereocenters. The van der Waals surface area contributed by atoms with Gasteiger partial charge in [0.15, 0.2) is 5.65 Å². The average molecular weight is 267 g/mol. The van der Waals surface area contributed by atoms with Crippen molar-refractivity contribution in [1.29, 1.82) is 0 Å². The first-order valence-corrected chi connectivity index (χ1v) is 6.52. The van der Waals surface area contributed by atoms with Gasteiger partial charge in [-0.3, -0.25) is 0 Å². The molecule has 0 bridgehead atoms. The third-order valence-corrected chi connectivity index (χ3v) is 3.39. The van der Waals surface area contributed by atoms with Gasteiger partial charge in [0, 0.05) is 25.9 Å². The molecule has 0 saturated heterocycles. The Morgan fingerprint density at radius 2 is 1.95 bits per heavy atom. The summed E-state index contributed by atoms with van der Waals surface area (Å²) in [5.74, 6) is 0.933. The van der Waals surface area contributed by atoms with Gasteiger partial charge in [-0.15, -0.1) is 0 Å². The number of pyridine rings is 1. The molecule has 3 aromatic rings. The number of aromatic nitrogens is 4. The van der Waals surface area contributed by atoms with Crippen LogP contribution in [-0.2, 0) is 0 Å². The Hall–Kier alpha value is -2.43. The van der Waals surface area contributed by atoms with Crippen LogP contribution in [-0.4, -0.2) is 33.7 Å². The van der Waals surface area contributed by atoms with Gasteiger partial charge in [-0.2, -0.15) is 5.10 Å². The largest absolute Gasteiger partial charge is 0.363 e. The van der Waals surface area contributed by atoms with Gasteiger partial charge in [-0.05, 0) is 37.6 Å². The van der Waals surface area contributed by atoms with Gasteiger partial charge in [-0.1, -0.05) is 0 Å². The van der Waals surface area contributed by atoms with Crippen LogP contribution in [0.3, 0.4) is 0 Å². The normalized spacial score (nSPS) is 11.0. The number of anilines is 1. The molecule has 0 fully saturated rings. The second-order valence-corrected chi connectivity index (χ2v) is 5.14. The maximum atomic E-state index is 4.61. The lowest BCUT2D eigenvalue weighted by molar-refractivity contribution is 0.889. The van der Waals surface area contributed by atoms with Crippen molar-refractivity contribution in [2.75, 3.05) is 19.0 Å². The van der Waals surface area contributed by atoms with Crippen LogP contribution in [0.2, 0.25) is 0 Å². The first kappa shape index (κ1) is 12.6. The van der Waals surface area contributed by atoms with Crippen LogP contribution in [0.25, 0.3) is 16.9 Å². The van der Waals surface area contributed by atoms with E-state index in [1.54, 1.807) is 0 Å². The zero-order valence-corrected chi connectivity index (χ0v) is 12.1. The van der Waals surface area contributed by atoms with E-state index in [4.69, 9.17) is 0 Å². The molecular formula is C15H17N5. The summed E-state index contributed by atoms with van der Waals surface area (Å²) in [6.07, 6.45) is 3.78. The first-order chi connectivity index (χ1) is 9.54. The molecule has 0 spiro atoms. The molecule has 0 saturated carbocycles. The molecule has 3 heterocycles. The van der Waals surface area contributed by atoms with Crippen LogP contribution in [0.4, 0.5) is 5.82 Å². The third-order valence-electron chi connectivity index (χ3n) is 3.39. The smallest absolute Gasteiger partial charge is 0.154 e. The molecule has 0 radical (unpaired) electrons. The molecule has 3 rings (SSSR count). The molecule has 0 aliphatic heterocycles. The summed E-state index contributed by atoms with van der Waals surface area (Å²) in [6, 6.07) is 6.07. The summed E-state index contributed by atoms with van der Waals surface area (Å²) < 4.78 is 1.82. The highest BCUT2D eigenvalue weighted by atomic mass is 15.2. The maximum Gasteiger partial charge on any atom is 0.154 e. The van der Waals surface area contributed by atoms with Gasteiger partial charge in [0.05, 0.1) is 17.6 Å². The van der Waals surface area contributed by atoms with Gasteiger partial charge >= 0.3 is 0 Å². The fourth-order valence-corrected chi connectivity index (χ4v) is 2.04. The summed E-state index contributed by atoms with van der Waals surface area (Å²) in [5.41, 5.74) is 4.91. The minimum atomic E-state index is 0.861. The predicted octanol–water partition coefficient (Wildman–Crippen LogP) is 2.47. The Kier molecular flexibility index (Phi) is 2.89. The summed E-state index contributed by atoms with van der Waals surface area (Å²) >= 11 is 0. The predicted molar refractivity (Wildman–Crippen MR) is 80.0 cm³/mol. The number of hydrogen-bond donors (Lipinski definition) is 0. The summed E-state index contributed by atoms with van der Waals surface area (Å²) in [4.78, 5) is 11.0. The molecule has 102 valence electrons. The van der Waals surface area contributed by atoms with Crippen LogP contribution < -0.4 is 4.90 Å². The topological polar surface area (TPSA) is 46.3 Å². The number of hydrogen-bond acceptors (Lipinski definition) is 4. The SMILES string of the molecule is Cc1cc2nc(-c3ccc(N(C)C)nc3)cn2nc1C. The van der Waals surface area contributed by atoms with Crippen molar-refractivity contribution in [3.8, 4) is 11.3 Å². The fraction of sp³-hybridized carbons (Fsp3) is 0.267. The molecule has 0 N–H and O–H groups in total. The maximum absolute atomic E-state index is 4.61. The molecule has 3 aromatic heterocycles. The fourth-order valence-electron chi connectivity index (χ4n) is 2.04. The Balaban J connectivity index is 2.05. The van der Waals surface area contributed by atoms with E-state index in [1.165, 1.54) is 0 Å². The van der Waals surface area contributed by atoms with Gasteiger partial charge in [0.1, 0.15) is 5.82 Å². The molecule has 0 amide bonds. The third kappa shape index (κ3) is 2.11. The van der Waals surface area contributed by atoms with Crippen molar-refractivity contribution in [3.05, 3.63) is 41.9 Å². The van der Waals surface area contributed by atoms with E-state index in [1.807, 2.05) is 68.0 Å². The van der Waals surface area contributed by atoms with Crippen molar-refractivity contribution in [1.82, 2.24) is 19.6 Å². The van der Waals surface area contributed by atoms with Crippen molar-refractivity contribution in [2.24, 2.45) is 0 Å². The molecule has 0 aromatic carbocycles. The second kappa shape index (κ2) is 4.59. The van der Waals surface area contributed by atoms with Crippen molar-refractivity contribution in [3.63, 3.8) is 0 Å². The van der Waals surface area contributed by atoms with Gasteiger partial charge in [-0.25, -0.2) is 14.5 Å². The van der Waals surface area contributed by atoms with Crippen LogP contribution in [0.1, 0.15) is 11.3 Å². The highest BCUT2D eigenvalue weighted by molar-refractivity contribution is 5.63. The minimum absolute atomic E-state index is 0.861. The highest BCUT2D eigenvalue weighted by Gasteiger charge is 2.07. The average Bonchev–Trinajstić information content (AvgIpc) is 2.82. The van der Waals surface area contributed by atoms with E-state index in [0.717, 1.165) is 34.0 Å². The van der Waals surface area contributed by atoms with Crippen molar-refractivity contribution >= 4 is 11.5 Å². The zero-order valence-electron chi connectivity index (χ0n) is 12.1. The standard InChI is InChI=1S/C15H17N5/c1-10-7-15-17-13(9-20(15)18-11(10)2)12-5-6-14(16-8-12)19(3)4/h5-9H,1-4H3. The van der Waals surface area contributed by atoms with E-state index < -0.39 is 0 Å². The summed E-state index contributed by atoms with van der Waals surface area (Å²) in [7, 11) is 3.95. The minimum Gasteiger partial charge on any atom is -0.363 e. The Bertz CT molecular complexity index is 717. The van der Waals surface area contributed by atoms with E-state index in [2.05, 4.69) is 15.1 Å². The Morgan fingerprint density at radius 1 is 1.15 bits per heavy atom. The lowest BCUT2D eigenvalue weighted by Crippen LogP contribution is -2.09. The van der Waals surface area contributed by atoms with E-state index >= 15 is 0 Å². The van der Waals surface area contributed by atoms with Gasteiger partial charge < -0.3 is 4.90 Å². The first-order valence-electron chi connectivity index (χ1n) is 6.52. The number of imidazole rings is 1. The lowest BCUT2D eigenvalue weighted by atomic mass is 10.2. The summed E-state index contributed by atoms with van der Waals surface area (Å²) in [6.45, 7) is 4.05. The van der Waals surface area contributed by atoms with E-state index in [-0.39, 0.29) is 0 Å². The van der Waals surface area contributed by atoms with Crippen LogP contribution in [0.5, 0.6) is 0 Å². The number of rotatable bonds is 2. The monoisotopic (exact) mass is 267 g/mol. The van der Waals surface area contributed by atoms with Crippen LogP contribution >= 0.6 is 0 Å². The van der Waals surface area contributed by atoms with Crippen molar-refractivity contribution in [2.45, 2.75) is 13.8 Å². The Morgan fingerprint density at radius 3 is 2.60 bits per heavy atom. The number of fused-ring (bicyclic) bond motifs is 1.